The van der Waals surface area contributed by atoms with Crippen molar-refractivity contribution in [3.8, 4) is 0 Å². The van der Waals surface area contributed by atoms with Gasteiger partial charge in [-0.2, -0.15) is 0 Å². The lowest BCUT2D eigenvalue weighted by atomic mass is 10.2. The molecule has 4 nitrogen and oxygen atoms in total. The van der Waals surface area contributed by atoms with Crippen LogP contribution in [-0.2, 0) is 9.53 Å². The summed E-state index contributed by atoms with van der Waals surface area (Å²) in [7, 11) is 3.98. The average molecular weight is 282 g/mol. The molecule has 0 bridgehead atoms. The Bertz CT molecular complexity index is 179. The van der Waals surface area contributed by atoms with Crippen molar-refractivity contribution in [3.05, 3.63) is 0 Å². The summed E-state index contributed by atoms with van der Waals surface area (Å²) in [6.07, 6.45) is 2.60. The maximum absolute atomic E-state index is 10.8. The van der Waals surface area contributed by atoms with E-state index >= 15 is 0 Å². The first-order chi connectivity index (χ1) is 8.20. The van der Waals surface area contributed by atoms with Crippen LogP contribution < -0.4 is 0 Å². The lowest BCUT2D eigenvalue weighted by Gasteiger charge is -2.07. The van der Waals surface area contributed by atoms with Gasteiger partial charge in [-0.25, -0.2) is 0 Å². The molecule has 1 aliphatic rings. The molecule has 17 heavy (non-hydrogen) atoms. The number of carbonyl (C=O) groups excluding carboxylic acids is 1. The van der Waals surface area contributed by atoms with Crippen molar-refractivity contribution in [1.29, 1.82) is 0 Å². The predicted molar refractivity (Wildman–Crippen MR) is 73.1 cm³/mol. The van der Waals surface area contributed by atoms with E-state index in [0.717, 1.165) is 12.8 Å². The topological polar surface area (TPSA) is 66.8 Å². The number of rotatable bonds is 6. The highest BCUT2D eigenvalue weighted by Gasteiger charge is 2.06. The van der Waals surface area contributed by atoms with Crippen LogP contribution >= 0.6 is 21.6 Å². The summed E-state index contributed by atoms with van der Waals surface area (Å²) in [5, 5.41) is 17.2. The number of esters is 1. The number of hydrogen-bond acceptors (Lipinski definition) is 6. The first-order valence-electron chi connectivity index (χ1n) is 5.89. The summed E-state index contributed by atoms with van der Waals surface area (Å²) in [5.74, 6) is 2.44. The molecule has 1 fully saturated rings. The number of hydrogen-bond donors (Lipinski definition) is 2. The van der Waals surface area contributed by atoms with Crippen molar-refractivity contribution in [2.75, 3.05) is 24.7 Å². The molecule has 102 valence electrons. The molecule has 0 spiro atoms. The summed E-state index contributed by atoms with van der Waals surface area (Å²) in [4.78, 5) is 10.8. The zero-order chi connectivity index (χ0) is 12.9. The Morgan fingerprint density at radius 3 is 2.47 bits per heavy atom. The highest BCUT2D eigenvalue weighted by atomic mass is 33.1. The molecule has 0 amide bonds. The maximum atomic E-state index is 10.8. The molecule has 2 N–H and O–H groups in total. The number of aliphatic hydroxyl groups is 2. The van der Waals surface area contributed by atoms with Gasteiger partial charge in [0.15, 0.2) is 0 Å². The standard InChI is InChI=1S/C8H16O4.C3H6S2/c1-2-3-4-8(11)12-6-7(10)5-9;1-2-4-5-3-1/h7,9-10H,2-6H2,1H3;1-3H2. The first kappa shape index (κ1) is 17.1. The SMILES string of the molecule is C1CSSC1.CCCCC(=O)OCC(O)CO. The number of ether oxygens (including phenoxy) is 1. The van der Waals surface area contributed by atoms with E-state index in [2.05, 4.69) is 4.74 Å². The van der Waals surface area contributed by atoms with Crippen molar-refractivity contribution in [2.45, 2.75) is 38.7 Å². The lowest BCUT2D eigenvalue weighted by molar-refractivity contribution is -0.147. The molecule has 1 unspecified atom stereocenters. The number of unbranched alkanes of at least 4 members (excludes halogenated alkanes) is 1. The summed E-state index contributed by atoms with van der Waals surface area (Å²) in [5.41, 5.74) is 0. The molecule has 0 aliphatic carbocycles. The number of aliphatic hydroxyl groups excluding tert-OH is 2. The molecule has 1 rings (SSSR count). The minimum atomic E-state index is -0.949. The van der Waals surface area contributed by atoms with Crippen molar-refractivity contribution in [2.24, 2.45) is 0 Å². The Morgan fingerprint density at radius 2 is 2.06 bits per heavy atom. The first-order valence-corrected chi connectivity index (χ1v) is 8.38. The Balaban J connectivity index is 0.000000419. The largest absolute Gasteiger partial charge is 0.463 e. The molecular weight excluding hydrogens is 260 g/mol. The molecular formula is C11H22O4S2. The van der Waals surface area contributed by atoms with E-state index in [1.54, 1.807) is 0 Å². The van der Waals surface area contributed by atoms with E-state index in [-0.39, 0.29) is 19.2 Å². The Kier molecular flexibility index (Phi) is 12.6. The molecule has 0 aromatic carbocycles. The smallest absolute Gasteiger partial charge is 0.305 e. The van der Waals surface area contributed by atoms with Crippen LogP contribution in [0.15, 0.2) is 0 Å². The van der Waals surface area contributed by atoms with Crippen molar-refractivity contribution in [1.82, 2.24) is 0 Å². The molecule has 1 aliphatic heterocycles. The monoisotopic (exact) mass is 282 g/mol. The third-order valence-corrected chi connectivity index (χ3v) is 4.50. The second-order valence-electron chi connectivity index (χ2n) is 3.62. The molecule has 0 aromatic rings. The lowest BCUT2D eigenvalue weighted by Crippen LogP contribution is -2.21. The van der Waals surface area contributed by atoms with E-state index in [9.17, 15) is 4.79 Å². The molecule has 1 heterocycles. The summed E-state index contributed by atoms with van der Waals surface area (Å²) < 4.78 is 4.65. The van der Waals surface area contributed by atoms with Gasteiger partial charge in [-0.3, -0.25) is 4.79 Å². The van der Waals surface area contributed by atoms with Gasteiger partial charge >= 0.3 is 5.97 Å². The van der Waals surface area contributed by atoms with Crippen LogP contribution in [0.1, 0.15) is 32.6 Å². The summed E-state index contributed by atoms with van der Waals surface area (Å²) in [6.45, 7) is 1.50. The predicted octanol–water partition coefficient (Wildman–Crippen LogP) is 1.84. The van der Waals surface area contributed by atoms with E-state index < -0.39 is 6.10 Å². The minimum Gasteiger partial charge on any atom is -0.463 e. The zero-order valence-corrected chi connectivity index (χ0v) is 11.9. The van der Waals surface area contributed by atoms with Gasteiger partial charge in [0.1, 0.15) is 12.7 Å². The maximum Gasteiger partial charge on any atom is 0.305 e. The highest BCUT2D eigenvalue weighted by molar-refractivity contribution is 8.77. The highest BCUT2D eigenvalue weighted by Crippen LogP contribution is 2.29. The van der Waals surface area contributed by atoms with Gasteiger partial charge in [0, 0.05) is 17.9 Å². The van der Waals surface area contributed by atoms with E-state index in [4.69, 9.17) is 10.2 Å². The van der Waals surface area contributed by atoms with E-state index in [0.29, 0.717) is 6.42 Å². The average Bonchev–Trinajstić information content (AvgIpc) is 2.92. The van der Waals surface area contributed by atoms with E-state index in [1.807, 2.05) is 28.5 Å². The molecule has 1 atom stereocenters. The van der Waals surface area contributed by atoms with Crippen LogP contribution in [0.3, 0.4) is 0 Å². The molecule has 0 radical (unpaired) electrons. The Hall–Kier alpha value is 0.0900. The Morgan fingerprint density at radius 1 is 1.41 bits per heavy atom. The van der Waals surface area contributed by atoms with Gasteiger partial charge in [-0.1, -0.05) is 34.9 Å². The van der Waals surface area contributed by atoms with Crippen LogP contribution in [0.5, 0.6) is 0 Å². The third kappa shape index (κ3) is 12.3. The summed E-state index contributed by atoms with van der Waals surface area (Å²) >= 11 is 0. The van der Waals surface area contributed by atoms with Gasteiger partial charge in [-0.15, -0.1) is 0 Å². The second kappa shape index (κ2) is 12.5. The van der Waals surface area contributed by atoms with Crippen LogP contribution in [-0.4, -0.2) is 47.0 Å². The molecule has 6 heteroatoms. The molecule has 0 saturated carbocycles. The molecule has 1 saturated heterocycles. The van der Waals surface area contributed by atoms with Crippen LogP contribution in [0.25, 0.3) is 0 Å². The van der Waals surface area contributed by atoms with Crippen molar-refractivity contribution >= 4 is 27.6 Å². The fraction of sp³-hybridized carbons (Fsp3) is 0.909. The fourth-order valence-corrected chi connectivity index (χ4v) is 3.29. The van der Waals surface area contributed by atoms with Gasteiger partial charge in [-0.05, 0) is 12.8 Å². The van der Waals surface area contributed by atoms with Gasteiger partial charge in [0.2, 0.25) is 0 Å². The van der Waals surface area contributed by atoms with Crippen LogP contribution in [0.4, 0.5) is 0 Å². The Labute approximate surface area is 111 Å². The van der Waals surface area contributed by atoms with Crippen molar-refractivity contribution in [3.63, 3.8) is 0 Å². The normalized spacial score (nSPS) is 15.9. The number of carbonyl (C=O) groups is 1. The van der Waals surface area contributed by atoms with Gasteiger partial charge < -0.3 is 14.9 Å². The molecule has 0 aromatic heterocycles. The quantitative estimate of drug-likeness (QED) is 0.572. The van der Waals surface area contributed by atoms with Crippen molar-refractivity contribution < 1.29 is 19.7 Å². The third-order valence-electron chi connectivity index (χ3n) is 1.92. The minimum absolute atomic E-state index is 0.112. The van der Waals surface area contributed by atoms with E-state index in [1.165, 1.54) is 17.9 Å². The zero-order valence-electron chi connectivity index (χ0n) is 10.3. The van der Waals surface area contributed by atoms with Crippen LogP contribution in [0.2, 0.25) is 0 Å². The van der Waals surface area contributed by atoms with Gasteiger partial charge in [0.25, 0.3) is 0 Å². The fourth-order valence-electron chi connectivity index (χ4n) is 0.930. The van der Waals surface area contributed by atoms with Crippen LogP contribution in [0, 0.1) is 0 Å². The second-order valence-corrected chi connectivity index (χ2v) is 6.32. The van der Waals surface area contributed by atoms with Gasteiger partial charge in [0.05, 0.1) is 6.61 Å². The summed E-state index contributed by atoms with van der Waals surface area (Å²) in [6, 6.07) is 0.